The van der Waals surface area contributed by atoms with Crippen LogP contribution in [0.25, 0.3) is 0 Å². The molecular formula is C76H130NO8P. The van der Waals surface area contributed by atoms with Crippen LogP contribution < -0.4 is 4.89 Å². The fourth-order valence-electron chi connectivity index (χ4n) is 9.39. The van der Waals surface area contributed by atoms with Crippen LogP contribution in [-0.2, 0) is 32.7 Å². The molecule has 9 nitrogen and oxygen atoms in total. The molecule has 0 radical (unpaired) electrons. The van der Waals surface area contributed by atoms with E-state index in [0.29, 0.717) is 17.4 Å². The van der Waals surface area contributed by atoms with Crippen LogP contribution in [0.2, 0.25) is 0 Å². The SMILES string of the molecule is CC/C=C\C/C=C\C/C=C\C/C=C\C/C=C\C/C=C\C/C=C\CCCCCCCC(=O)OC(COC(=O)CCCCCCCCCCCCCCCCCCCCCCCC/C=C\C/C=C\C/C=C\C/C=C\CC)COP(=O)([O-])OCC[N+](C)(C)C. The van der Waals surface area contributed by atoms with E-state index in [-0.39, 0.29) is 32.0 Å². The fraction of sp³-hybridized carbons (Fsp3) is 0.684. The van der Waals surface area contributed by atoms with Gasteiger partial charge < -0.3 is 27.9 Å². The number of phosphoric acid groups is 1. The van der Waals surface area contributed by atoms with Crippen LogP contribution in [0, 0.1) is 0 Å². The number of unbranched alkanes of at least 4 members (excludes halogenated alkanes) is 27. The molecule has 0 N–H and O–H groups in total. The topological polar surface area (TPSA) is 111 Å². The molecule has 2 atom stereocenters. The molecule has 0 spiro atoms. The number of phosphoric ester groups is 1. The lowest BCUT2D eigenvalue weighted by molar-refractivity contribution is -0.870. The lowest BCUT2D eigenvalue weighted by atomic mass is 10.0. The quantitative estimate of drug-likeness (QED) is 0.0195. The average molecular weight is 1220 g/mol. The third-order valence-corrected chi connectivity index (χ3v) is 15.6. The molecule has 0 aromatic heterocycles. The molecule has 0 heterocycles. The predicted octanol–water partition coefficient (Wildman–Crippen LogP) is 22.2. The van der Waals surface area contributed by atoms with Crippen LogP contribution in [0.3, 0.4) is 0 Å². The lowest BCUT2D eigenvalue weighted by Crippen LogP contribution is -2.37. The van der Waals surface area contributed by atoms with Gasteiger partial charge in [0.25, 0.3) is 7.82 Å². The minimum atomic E-state index is -4.66. The van der Waals surface area contributed by atoms with Gasteiger partial charge in [0.2, 0.25) is 0 Å². The minimum absolute atomic E-state index is 0.0403. The van der Waals surface area contributed by atoms with Crippen molar-refractivity contribution in [2.45, 2.75) is 290 Å². The summed E-state index contributed by atoms with van der Waals surface area (Å²) in [6, 6.07) is 0. The number of hydrogen-bond acceptors (Lipinski definition) is 8. The van der Waals surface area contributed by atoms with Gasteiger partial charge in [0.1, 0.15) is 19.8 Å². The highest BCUT2D eigenvalue weighted by Crippen LogP contribution is 2.38. The van der Waals surface area contributed by atoms with E-state index in [1.165, 1.54) is 128 Å². The van der Waals surface area contributed by atoms with Gasteiger partial charge in [0.15, 0.2) is 6.10 Å². The summed E-state index contributed by atoms with van der Waals surface area (Å²) in [6.07, 6.45) is 95.3. The first-order valence-corrected chi connectivity index (χ1v) is 36.4. The highest BCUT2D eigenvalue weighted by atomic mass is 31.2. The Morgan fingerprint density at radius 2 is 0.628 bits per heavy atom. The van der Waals surface area contributed by atoms with Crippen LogP contribution in [0.5, 0.6) is 0 Å². The fourth-order valence-corrected chi connectivity index (χ4v) is 10.1. The molecule has 0 fully saturated rings. The number of ether oxygens (including phenoxy) is 2. The van der Waals surface area contributed by atoms with Gasteiger partial charge in [0, 0.05) is 12.8 Å². The minimum Gasteiger partial charge on any atom is -0.756 e. The molecule has 0 aromatic rings. The highest BCUT2D eigenvalue weighted by Gasteiger charge is 2.22. The molecule has 0 saturated carbocycles. The van der Waals surface area contributed by atoms with Crippen molar-refractivity contribution in [3.63, 3.8) is 0 Å². The third kappa shape index (κ3) is 69.3. The van der Waals surface area contributed by atoms with Crippen molar-refractivity contribution >= 4 is 19.8 Å². The molecular weight excluding hydrogens is 1090 g/mol. The number of carbonyl (C=O) groups is 2. The Morgan fingerprint density at radius 1 is 0.360 bits per heavy atom. The third-order valence-electron chi connectivity index (χ3n) is 14.7. The van der Waals surface area contributed by atoms with Crippen LogP contribution in [0.15, 0.2) is 134 Å². The van der Waals surface area contributed by atoms with Crippen molar-refractivity contribution in [3.8, 4) is 0 Å². The Balaban J connectivity index is 4.07. The first-order chi connectivity index (χ1) is 42.0. The summed E-state index contributed by atoms with van der Waals surface area (Å²) in [5, 5.41) is 0. The largest absolute Gasteiger partial charge is 0.756 e. The molecule has 0 aliphatic carbocycles. The maximum absolute atomic E-state index is 12.9. The van der Waals surface area contributed by atoms with Gasteiger partial charge in [-0.3, -0.25) is 14.2 Å². The van der Waals surface area contributed by atoms with E-state index in [9.17, 15) is 19.0 Å². The van der Waals surface area contributed by atoms with Crippen molar-refractivity contribution < 1.29 is 42.1 Å². The monoisotopic (exact) mass is 1220 g/mol. The summed E-state index contributed by atoms with van der Waals surface area (Å²) >= 11 is 0. The van der Waals surface area contributed by atoms with Gasteiger partial charge in [-0.25, -0.2) is 0 Å². The van der Waals surface area contributed by atoms with Crippen LogP contribution in [0.1, 0.15) is 284 Å². The van der Waals surface area contributed by atoms with Gasteiger partial charge in [-0.2, -0.15) is 0 Å². The zero-order valence-corrected chi connectivity index (χ0v) is 56.9. The van der Waals surface area contributed by atoms with E-state index in [2.05, 4.69) is 148 Å². The van der Waals surface area contributed by atoms with E-state index < -0.39 is 26.5 Å². The number of carbonyl (C=O) groups excluding carboxylic acids is 2. The van der Waals surface area contributed by atoms with Crippen LogP contribution in [0.4, 0.5) is 0 Å². The second-order valence-corrected chi connectivity index (χ2v) is 25.5. The summed E-state index contributed by atoms with van der Waals surface area (Å²) in [4.78, 5) is 38.1. The van der Waals surface area contributed by atoms with Gasteiger partial charge in [0.05, 0.1) is 27.7 Å². The van der Waals surface area contributed by atoms with Crippen molar-refractivity contribution in [2.75, 3.05) is 47.5 Å². The molecule has 0 amide bonds. The first-order valence-electron chi connectivity index (χ1n) is 34.9. The number of quaternary nitrogens is 1. The molecule has 0 saturated heterocycles. The van der Waals surface area contributed by atoms with E-state index in [0.717, 1.165) is 122 Å². The second-order valence-electron chi connectivity index (χ2n) is 24.1. The van der Waals surface area contributed by atoms with E-state index in [1.807, 2.05) is 21.1 Å². The van der Waals surface area contributed by atoms with Crippen molar-refractivity contribution in [1.29, 1.82) is 0 Å². The molecule has 0 bridgehead atoms. The molecule has 0 rings (SSSR count). The smallest absolute Gasteiger partial charge is 0.306 e. The Bertz CT molecular complexity index is 1910. The average Bonchev–Trinajstić information content (AvgIpc) is 3.53. The Kier molecular flexibility index (Phi) is 62.7. The maximum Gasteiger partial charge on any atom is 0.306 e. The maximum atomic E-state index is 12.9. The molecule has 0 aliphatic rings. The highest BCUT2D eigenvalue weighted by molar-refractivity contribution is 7.45. The molecule has 86 heavy (non-hydrogen) atoms. The molecule has 0 aromatic carbocycles. The summed E-state index contributed by atoms with van der Waals surface area (Å²) in [5.41, 5.74) is 0. The van der Waals surface area contributed by atoms with Gasteiger partial charge in [-0.15, -0.1) is 0 Å². The molecule has 10 heteroatoms. The number of likely N-dealkylation sites (N-methyl/N-ethyl adjacent to an activating group) is 1. The molecule has 492 valence electrons. The Hall–Kier alpha value is -3.85. The number of hydrogen-bond donors (Lipinski definition) is 0. The zero-order chi connectivity index (χ0) is 62.6. The summed E-state index contributed by atoms with van der Waals surface area (Å²) in [6.45, 7) is 4.00. The van der Waals surface area contributed by atoms with Crippen LogP contribution in [-0.4, -0.2) is 70.0 Å². The van der Waals surface area contributed by atoms with Gasteiger partial charge in [-0.1, -0.05) is 295 Å². The first kappa shape index (κ1) is 82.1. The standard InChI is InChI=1S/C76H130NO8P/c1-6-8-10-12-14-16-18-20-22-24-26-28-30-32-34-35-36-37-38-39-40-41-43-44-46-48-50-52-54-56-58-60-62-64-66-68-75(78)82-72-74(73-84-86(80,81)83-71-70-77(3,4)5)85-76(79)69-67-65-63-61-59-57-55-53-51-49-47-45-42-33-31-29-27-25-23-21-19-17-15-13-11-9-7-2/h8-11,14-17,20-23,26-29,33,42,47,49,53,55,74H,6-7,12-13,18-19,24-25,30-32,34-41,43-46,48,50-52,54,56-73H2,1-5H3/b10-8-,11-9-,16-14-,17-15-,22-20-,23-21-,28-26-,29-27-,42-33-,49-47-,55-53-. The summed E-state index contributed by atoms with van der Waals surface area (Å²) in [7, 11) is 1.14. The number of allylic oxidation sites excluding steroid dienone is 22. The van der Waals surface area contributed by atoms with E-state index in [4.69, 9.17) is 18.5 Å². The number of rotatable bonds is 63. The Labute approximate surface area is 530 Å². The van der Waals surface area contributed by atoms with Crippen molar-refractivity contribution in [3.05, 3.63) is 134 Å². The number of esters is 2. The summed E-state index contributed by atoms with van der Waals surface area (Å²) in [5.74, 6) is -0.854. The molecule has 2 unspecified atom stereocenters. The zero-order valence-electron chi connectivity index (χ0n) is 56.0. The predicted molar refractivity (Wildman–Crippen MR) is 369 cm³/mol. The van der Waals surface area contributed by atoms with Gasteiger partial charge in [-0.05, 0) is 109 Å². The normalized spacial score (nSPS) is 14.0. The van der Waals surface area contributed by atoms with Crippen LogP contribution >= 0.6 is 7.82 Å². The van der Waals surface area contributed by atoms with Gasteiger partial charge >= 0.3 is 11.9 Å². The second kappa shape index (κ2) is 65.6. The van der Waals surface area contributed by atoms with Crippen molar-refractivity contribution in [2.24, 2.45) is 0 Å². The van der Waals surface area contributed by atoms with Crippen molar-refractivity contribution in [1.82, 2.24) is 0 Å². The summed E-state index contributed by atoms with van der Waals surface area (Å²) < 4.78 is 34.3. The lowest BCUT2D eigenvalue weighted by Gasteiger charge is -2.28. The van der Waals surface area contributed by atoms with E-state index >= 15 is 0 Å². The number of nitrogens with zero attached hydrogens (tertiary/aromatic N) is 1. The molecule has 0 aliphatic heterocycles. The Morgan fingerprint density at radius 3 is 0.930 bits per heavy atom. The van der Waals surface area contributed by atoms with E-state index in [1.54, 1.807) is 0 Å².